The zero-order chi connectivity index (χ0) is 15.2. The molecule has 2 aromatic rings. The van der Waals surface area contributed by atoms with Gasteiger partial charge in [0, 0.05) is 18.1 Å². The van der Waals surface area contributed by atoms with E-state index in [9.17, 15) is 14.5 Å². The first-order chi connectivity index (χ1) is 10.1. The molecule has 0 heterocycles. The van der Waals surface area contributed by atoms with E-state index < -0.39 is 10.7 Å². The van der Waals surface area contributed by atoms with E-state index in [2.05, 4.69) is 0 Å². The zero-order valence-electron chi connectivity index (χ0n) is 11.0. The monoisotopic (exact) mass is 286 g/mol. The molecular formula is C15H11FN2O3. The van der Waals surface area contributed by atoms with Gasteiger partial charge in [0.25, 0.3) is 5.69 Å². The number of nitriles is 1. The fourth-order valence-corrected chi connectivity index (χ4v) is 1.90. The molecule has 5 nitrogen and oxygen atoms in total. The number of nitro benzene ring substituents is 1. The summed E-state index contributed by atoms with van der Waals surface area (Å²) >= 11 is 0. The first kappa shape index (κ1) is 14.5. The molecule has 0 aliphatic heterocycles. The Labute approximate surface area is 120 Å². The minimum absolute atomic E-state index is 0.0147. The SMILES string of the molecule is N#Cc1c(F)cccc1OCCc1ccccc1[N+](=O)[O-]. The van der Waals surface area contributed by atoms with E-state index in [0.717, 1.165) is 0 Å². The Morgan fingerprint density at radius 3 is 2.71 bits per heavy atom. The lowest BCUT2D eigenvalue weighted by molar-refractivity contribution is -0.385. The van der Waals surface area contributed by atoms with Gasteiger partial charge in [-0.05, 0) is 12.1 Å². The van der Waals surface area contributed by atoms with Crippen LogP contribution in [0.1, 0.15) is 11.1 Å². The van der Waals surface area contributed by atoms with Gasteiger partial charge in [-0.1, -0.05) is 24.3 Å². The van der Waals surface area contributed by atoms with Gasteiger partial charge in [-0.2, -0.15) is 5.26 Å². The van der Waals surface area contributed by atoms with Crippen LogP contribution in [0.5, 0.6) is 5.75 Å². The first-order valence-corrected chi connectivity index (χ1v) is 6.17. The van der Waals surface area contributed by atoms with E-state index in [1.54, 1.807) is 24.3 Å². The molecule has 21 heavy (non-hydrogen) atoms. The third-order valence-corrected chi connectivity index (χ3v) is 2.90. The van der Waals surface area contributed by atoms with Crippen molar-refractivity contribution in [3.63, 3.8) is 0 Å². The van der Waals surface area contributed by atoms with Crippen molar-refractivity contribution in [3.8, 4) is 11.8 Å². The van der Waals surface area contributed by atoms with Crippen molar-refractivity contribution in [1.29, 1.82) is 5.26 Å². The molecule has 0 bridgehead atoms. The van der Waals surface area contributed by atoms with Crippen molar-refractivity contribution in [2.45, 2.75) is 6.42 Å². The first-order valence-electron chi connectivity index (χ1n) is 6.17. The van der Waals surface area contributed by atoms with Crippen LogP contribution in [0.25, 0.3) is 0 Å². The second-order valence-electron chi connectivity index (χ2n) is 4.21. The number of halogens is 1. The summed E-state index contributed by atoms with van der Waals surface area (Å²) in [5.41, 5.74) is 0.373. The Morgan fingerprint density at radius 1 is 1.24 bits per heavy atom. The van der Waals surface area contributed by atoms with Gasteiger partial charge in [0.2, 0.25) is 0 Å². The summed E-state index contributed by atoms with van der Waals surface area (Å²) in [6.45, 7) is 0.114. The number of nitro groups is 1. The maximum Gasteiger partial charge on any atom is 0.272 e. The Morgan fingerprint density at radius 2 is 2.00 bits per heavy atom. The van der Waals surface area contributed by atoms with E-state index in [0.29, 0.717) is 12.0 Å². The van der Waals surface area contributed by atoms with Gasteiger partial charge < -0.3 is 4.74 Å². The van der Waals surface area contributed by atoms with Gasteiger partial charge in [0.15, 0.2) is 0 Å². The van der Waals surface area contributed by atoms with Crippen molar-refractivity contribution in [1.82, 2.24) is 0 Å². The Kier molecular flexibility index (Phi) is 4.46. The zero-order valence-corrected chi connectivity index (χ0v) is 11.0. The molecule has 0 aromatic heterocycles. The van der Waals surface area contributed by atoms with Gasteiger partial charge in [-0.3, -0.25) is 10.1 Å². The highest BCUT2D eigenvalue weighted by Crippen LogP contribution is 2.22. The fourth-order valence-electron chi connectivity index (χ4n) is 1.90. The van der Waals surface area contributed by atoms with Crippen LogP contribution in [0, 0.1) is 27.3 Å². The molecule has 0 saturated carbocycles. The van der Waals surface area contributed by atoms with Crippen molar-refractivity contribution in [3.05, 3.63) is 69.5 Å². The van der Waals surface area contributed by atoms with Crippen LogP contribution in [0.4, 0.5) is 10.1 Å². The molecule has 0 atom stereocenters. The highest BCUT2D eigenvalue weighted by molar-refractivity contribution is 5.44. The number of hydrogen-bond donors (Lipinski definition) is 0. The van der Waals surface area contributed by atoms with Gasteiger partial charge >= 0.3 is 0 Å². The van der Waals surface area contributed by atoms with Crippen LogP contribution >= 0.6 is 0 Å². The van der Waals surface area contributed by atoms with Gasteiger partial charge in [-0.15, -0.1) is 0 Å². The van der Waals surface area contributed by atoms with Crippen molar-refractivity contribution in [2.75, 3.05) is 6.61 Å². The number of benzene rings is 2. The summed E-state index contributed by atoms with van der Waals surface area (Å²) in [6.07, 6.45) is 0.290. The highest BCUT2D eigenvalue weighted by atomic mass is 19.1. The Hall–Kier alpha value is -2.94. The third kappa shape index (κ3) is 3.34. The molecule has 0 aliphatic carbocycles. The largest absolute Gasteiger partial charge is 0.492 e. The maximum absolute atomic E-state index is 13.4. The van der Waals surface area contributed by atoms with Gasteiger partial charge in [-0.25, -0.2) is 4.39 Å². The molecule has 0 radical (unpaired) electrons. The standard InChI is InChI=1S/C15H11FN2O3/c16-13-5-3-7-15(12(13)10-17)21-9-8-11-4-1-2-6-14(11)18(19)20/h1-7H,8-9H2. The van der Waals surface area contributed by atoms with Crippen LogP contribution in [0.3, 0.4) is 0 Å². The van der Waals surface area contributed by atoms with Crippen LogP contribution in [-0.4, -0.2) is 11.5 Å². The molecule has 2 aromatic carbocycles. The molecule has 6 heteroatoms. The maximum atomic E-state index is 13.4. The second-order valence-corrected chi connectivity index (χ2v) is 4.21. The Bertz CT molecular complexity index is 710. The number of para-hydroxylation sites is 1. The smallest absolute Gasteiger partial charge is 0.272 e. The van der Waals surface area contributed by atoms with E-state index >= 15 is 0 Å². The summed E-state index contributed by atoms with van der Waals surface area (Å²) in [4.78, 5) is 10.4. The van der Waals surface area contributed by atoms with Crippen LogP contribution in [0.15, 0.2) is 42.5 Å². The highest BCUT2D eigenvalue weighted by Gasteiger charge is 2.13. The molecule has 0 aliphatic rings. The van der Waals surface area contributed by atoms with Crippen molar-refractivity contribution >= 4 is 5.69 Å². The van der Waals surface area contributed by atoms with E-state index in [1.807, 2.05) is 0 Å². The normalized spacial score (nSPS) is 9.90. The molecule has 0 spiro atoms. The average Bonchev–Trinajstić information content (AvgIpc) is 2.48. The Balaban J connectivity index is 2.08. The summed E-state index contributed by atoms with van der Waals surface area (Å²) in [5, 5.41) is 19.7. The number of ether oxygens (including phenoxy) is 1. The molecule has 106 valence electrons. The van der Waals surface area contributed by atoms with E-state index in [-0.39, 0.29) is 23.6 Å². The topological polar surface area (TPSA) is 76.2 Å². The number of nitrogens with zero attached hydrogens (tertiary/aromatic N) is 2. The molecule has 2 rings (SSSR count). The summed E-state index contributed by atoms with van der Waals surface area (Å²) in [6, 6.07) is 12.2. The quantitative estimate of drug-likeness (QED) is 0.624. The predicted molar refractivity (Wildman–Crippen MR) is 73.4 cm³/mol. The minimum Gasteiger partial charge on any atom is -0.492 e. The second kappa shape index (κ2) is 6.48. The fraction of sp³-hybridized carbons (Fsp3) is 0.133. The lowest BCUT2D eigenvalue weighted by atomic mass is 10.1. The number of rotatable bonds is 5. The minimum atomic E-state index is -0.652. The molecule has 0 saturated heterocycles. The average molecular weight is 286 g/mol. The summed E-state index contributed by atoms with van der Waals surface area (Å²) in [7, 11) is 0. The van der Waals surface area contributed by atoms with Crippen LogP contribution in [0.2, 0.25) is 0 Å². The molecule has 0 amide bonds. The van der Waals surface area contributed by atoms with E-state index in [1.165, 1.54) is 24.3 Å². The van der Waals surface area contributed by atoms with Gasteiger partial charge in [0.1, 0.15) is 23.2 Å². The predicted octanol–water partition coefficient (Wildman–Crippen LogP) is 3.23. The molecule has 0 N–H and O–H groups in total. The summed E-state index contributed by atoms with van der Waals surface area (Å²) in [5.74, 6) is -0.517. The molecule has 0 fully saturated rings. The summed E-state index contributed by atoms with van der Waals surface area (Å²) < 4.78 is 18.7. The third-order valence-electron chi connectivity index (χ3n) is 2.90. The molecule has 0 unspecified atom stereocenters. The number of hydrogen-bond acceptors (Lipinski definition) is 4. The van der Waals surface area contributed by atoms with E-state index in [4.69, 9.17) is 10.00 Å². The van der Waals surface area contributed by atoms with Crippen LogP contribution < -0.4 is 4.74 Å². The van der Waals surface area contributed by atoms with Crippen molar-refractivity contribution in [2.24, 2.45) is 0 Å². The lowest BCUT2D eigenvalue weighted by Crippen LogP contribution is -2.05. The van der Waals surface area contributed by atoms with Crippen molar-refractivity contribution < 1.29 is 14.1 Å². The lowest BCUT2D eigenvalue weighted by Gasteiger charge is -2.08. The van der Waals surface area contributed by atoms with Crippen LogP contribution in [-0.2, 0) is 6.42 Å². The van der Waals surface area contributed by atoms with Gasteiger partial charge in [0.05, 0.1) is 11.5 Å². The molecular weight excluding hydrogens is 275 g/mol.